The SMILES string of the molecule is C=C1C=C(c2ccc(OC)cc2)c2ccc(O)cc2O1. The van der Waals surface area contributed by atoms with Crippen molar-refractivity contribution in [2.24, 2.45) is 0 Å². The van der Waals surface area contributed by atoms with Crippen LogP contribution < -0.4 is 9.47 Å². The lowest BCUT2D eigenvalue weighted by atomic mass is 9.95. The van der Waals surface area contributed by atoms with Gasteiger partial charge in [-0.15, -0.1) is 0 Å². The first-order valence-corrected chi connectivity index (χ1v) is 6.23. The summed E-state index contributed by atoms with van der Waals surface area (Å²) in [5.74, 6) is 2.15. The molecule has 0 saturated heterocycles. The number of methoxy groups -OCH3 is 1. The third-order valence-corrected chi connectivity index (χ3v) is 3.20. The molecule has 3 nitrogen and oxygen atoms in total. The fourth-order valence-corrected chi connectivity index (χ4v) is 2.24. The van der Waals surface area contributed by atoms with Crippen LogP contribution in [0.25, 0.3) is 5.57 Å². The van der Waals surface area contributed by atoms with Crippen LogP contribution in [0.5, 0.6) is 17.2 Å². The standard InChI is InChI=1S/C17H14O3/c1-11-9-16(12-3-6-14(19-2)7-4-12)15-8-5-13(18)10-17(15)20-11/h3-10,18H,1H2,2H3. The van der Waals surface area contributed by atoms with Gasteiger partial charge in [0.25, 0.3) is 0 Å². The molecule has 0 aliphatic carbocycles. The average molecular weight is 266 g/mol. The summed E-state index contributed by atoms with van der Waals surface area (Å²) < 4.78 is 10.7. The van der Waals surface area contributed by atoms with Crippen LogP contribution >= 0.6 is 0 Å². The first-order valence-electron chi connectivity index (χ1n) is 6.23. The summed E-state index contributed by atoms with van der Waals surface area (Å²) in [5, 5.41) is 9.55. The van der Waals surface area contributed by atoms with Crippen LogP contribution in [-0.2, 0) is 0 Å². The molecule has 0 aromatic heterocycles. The Bertz CT molecular complexity index is 697. The monoisotopic (exact) mass is 266 g/mol. The Morgan fingerprint density at radius 2 is 1.85 bits per heavy atom. The van der Waals surface area contributed by atoms with Gasteiger partial charge in [-0.05, 0) is 41.5 Å². The van der Waals surface area contributed by atoms with Crippen molar-refractivity contribution in [1.82, 2.24) is 0 Å². The molecule has 2 aromatic rings. The molecule has 100 valence electrons. The minimum absolute atomic E-state index is 0.174. The van der Waals surface area contributed by atoms with Gasteiger partial charge < -0.3 is 14.6 Å². The van der Waals surface area contributed by atoms with Crippen molar-refractivity contribution in [2.45, 2.75) is 0 Å². The van der Waals surface area contributed by atoms with Crippen molar-refractivity contribution in [1.29, 1.82) is 0 Å². The Morgan fingerprint density at radius 3 is 2.55 bits per heavy atom. The molecule has 3 heteroatoms. The second-order valence-electron chi connectivity index (χ2n) is 4.54. The van der Waals surface area contributed by atoms with Crippen molar-refractivity contribution in [3.63, 3.8) is 0 Å². The third-order valence-electron chi connectivity index (χ3n) is 3.20. The summed E-state index contributed by atoms with van der Waals surface area (Å²) in [4.78, 5) is 0. The number of phenols is 1. The molecule has 1 N–H and O–H groups in total. The number of phenolic OH excluding ortho intramolecular Hbond substituents is 1. The summed E-state index contributed by atoms with van der Waals surface area (Å²) in [5.41, 5.74) is 2.99. The van der Waals surface area contributed by atoms with Crippen molar-refractivity contribution in [2.75, 3.05) is 7.11 Å². The maximum Gasteiger partial charge on any atom is 0.138 e. The number of ether oxygens (including phenoxy) is 2. The van der Waals surface area contributed by atoms with Crippen molar-refractivity contribution in [3.8, 4) is 17.2 Å². The van der Waals surface area contributed by atoms with Crippen molar-refractivity contribution >= 4 is 5.57 Å². The van der Waals surface area contributed by atoms with E-state index in [0.717, 1.165) is 22.4 Å². The molecule has 0 atom stereocenters. The lowest BCUT2D eigenvalue weighted by Gasteiger charge is -2.20. The number of fused-ring (bicyclic) bond motifs is 1. The van der Waals surface area contributed by atoms with Crippen LogP contribution in [0.1, 0.15) is 11.1 Å². The van der Waals surface area contributed by atoms with Crippen LogP contribution in [-0.4, -0.2) is 12.2 Å². The number of allylic oxidation sites excluding steroid dienone is 1. The normalized spacial score (nSPS) is 13.2. The number of hydrogen-bond donors (Lipinski definition) is 1. The number of hydrogen-bond acceptors (Lipinski definition) is 3. The fourth-order valence-electron chi connectivity index (χ4n) is 2.24. The highest BCUT2D eigenvalue weighted by Crippen LogP contribution is 2.38. The van der Waals surface area contributed by atoms with Gasteiger partial charge in [-0.2, -0.15) is 0 Å². The van der Waals surface area contributed by atoms with Gasteiger partial charge in [0.2, 0.25) is 0 Å². The zero-order chi connectivity index (χ0) is 14.1. The molecule has 3 rings (SSSR count). The number of rotatable bonds is 2. The van der Waals surface area contributed by atoms with E-state index < -0.39 is 0 Å². The van der Waals surface area contributed by atoms with E-state index in [1.165, 1.54) is 0 Å². The Kier molecular flexibility index (Phi) is 2.95. The average Bonchev–Trinajstić information content (AvgIpc) is 2.46. The second kappa shape index (κ2) is 4.78. The predicted octanol–water partition coefficient (Wildman–Crippen LogP) is 3.74. The molecule has 0 spiro atoms. The molecule has 0 radical (unpaired) electrons. The minimum Gasteiger partial charge on any atom is -0.508 e. The van der Waals surface area contributed by atoms with Crippen molar-refractivity contribution < 1.29 is 14.6 Å². The third kappa shape index (κ3) is 2.14. The summed E-state index contributed by atoms with van der Waals surface area (Å²) in [7, 11) is 1.64. The molecule has 0 saturated carbocycles. The second-order valence-corrected chi connectivity index (χ2v) is 4.54. The lowest BCUT2D eigenvalue weighted by molar-refractivity contribution is 0.415. The van der Waals surface area contributed by atoms with Crippen LogP contribution in [0.15, 0.2) is 60.9 Å². The van der Waals surface area contributed by atoms with E-state index in [2.05, 4.69) is 6.58 Å². The van der Waals surface area contributed by atoms with Gasteiger partial charge in [0.1, 0.15) is 23.0 Å². The Morgan fingerprint density at radius 1 is 1.10 bits per heavy atom. The molecular weight excluding hydrogens is 252 g/mol. The molecule has 0 amide bonds. The molecule has 1 aliphatic heterocycles. The van der Waals surface area contributed by atoms with E-state index in [4.69, 9.17) is 9.47 Å². The van der Waals surface area contributed by atoms with E-state index in [-0.39, 0.29) is 5.75 Å². The molecule has 1 heterocycles. The van der Waals surface area contributed by atoms with Gasteiger partial charge in [-0.25, -0.2) is 0 Å². The molecule has 20 heavy (non-hydrogen) atoms. The van der Waals surface area contributed by atoms with Gasteiger partial charge in [0.15, 0.2) is 0 Å². The van der Waals surface area contributed by atoms with Gasteiger partial charge in [0, 0.05) is 11.6 Å². The van der Waals surface area contributed by atoms with Gasteiger partial charge in [0.05, 0.1) is 7.11 Å². The Labute approximate surface area is 117 Å². The van der Waals surface area contributed by atoms with Crippen LogP contribution in [0.4, 0.5) is 0 Å². The van der Waals surface area contributed by atoms with E-state index in [0.29, 0.717) is 11.5 Å². The molecule has 0 unspecified atom stereocenters. The zero-order valence-corrected chi connectivity index (χ0v) is 11.1. The first-order chi connectivity index (χ1) is 9.67. The molecule has 0 fully saturated rings. The highest BCUT2D eigenvalue weighted by Gasteiger charge is 2.18. The smallest absolute Gasteiger partial charge is 0.138 e. The van der Waals surface area contributed by atoms with Crippen LogP contribution in [0.2, 0.25) is 0 Å². The van der Waals surface area contributed by atoms with E-state index in [1.807, 2.05) is 36.4 Å². The van der Waals surface area contributed by atoms with Gasteiger partial charge >= 0.3 is 0 Å². The zero-order valence-electron chi connectivity index (χ0n) is 11.1. The molecule has 2 aromatic carbocycles. The van der Waals surface area contributed by atoms with Crippen LogP contribution in [0.3, 0.4) is 0 Å². The van der Waals surface area contributed by atoms with Crippen LogP contribution in [0, 0.1) is 0 Å². The molecule has 1 aliphatic rings. The topological polar surface area (TPSA) is 38.7 Å². The summed E-state index contributed by atoms with van der Waals surface area (Å²) >= 11 is 0. The summed E-state index contributed by atoms with van der Waals surface area (Å²) in [6, 6.07) is 12.9. The maximum atomic E-state index is 9.55. The largest absolute Gasteiger partial charge is 0.508 e. The quantitative estimate of drug-likeness (QED) is 0.900. The maximum absolute atomic E-state index is 9.55. The van der Waals surface area contributed by atoms with E-state index in [9.17, 15) is 5.11 Å². The number of aromatic hydroxyl groups is 1. The number of benzene rings is 2. The summed E-state index contributed by atoms with van der Waals surface area (Å²) in [6.45, 7) is 3.85. The lowest BCUT2D eigenvalue weighted by Crippen LogP contribution is -2.03. The Balaban J connectivity index is 2.10. The predicted molar refractivity (Wildman–Crippen MR) is 77.9 cm³/mol. The highest BCUT2D eigenvalue weighted by molar-refractivity contribution is 5.86. The van der Waals surface area contributed by atoms with Gasteiger partial charge in [-0.3, -0.25) is 0 Å². The highest BCUT2D eigenvalue weighted by atomic mass is 16.5. The molecule has 0 bridgehead atoms. The van der Waals surface area contributed by atoms with Gasteiger partial charge in [-0.1, -0.05) is 18.7 Å². The molecular formula is C17H14O3. The Hall–Kier alpha value is -2.68. The minimum atomic E-state index is 0.174. The van der Waals surface area contributed by atoms with E-state index >= 15 is 0 Å². The van der Waals surface area contributed by atoms with E-state index in [1.54, 1.807) is 19.2 Å². The first kappa shape index (κ1) is 12.4. The summed E-state index contributed by atoms with van der Waals surface area (Å²) in [6.07, 6.45) is 1.89. The fraction of sp³-hybridized carbons (Fsp3) is 0.0588. The van der Waals surface area contributed by atoms with Crippen molar-refractivity contribution in [3.05, 3.63) is 72.0 Å².